The van der Waals surface area contributed by atoms with E-state index in [0.717, 1.165) is 10.9 Å². The van der Waals surface area contributed by atoms with Gasteiger partial charge in [-0.15, -0.1) is 9.24 Å². The molecule has 0 fully saturated rings. The monoisotopic (exact) mass is 422 g/mol. The van der Waals surface area contributed by atoms with E-state index in [1.54, 1.807) is 18.5 Å². The van der Waals surface area contributed by atoms with E-state index in [2.05, 4.69) is 29.3 Å². The summed E-state index contributed by atoms with van der Waals surface area (Å²) in [5.74, 6) is 0.169. The number of rotatable bonds is 6. The van der Waals surface area contributed by atoms with Crippen molar-refractivity contribution in [3.8, 4) is 11.3 Å². The van der Waals surface area contributed by atoms with Crippen LogP contribution in [0, 0.1) is 0 Å². The summed E-state index contributed by atoms with van der Waals surface area (Å²) in [5, 5.41) is 5.26. The SMILES string of the molecule is CN(CC(F)(F)P)c1ncc(-c2ccc(=O)n(Cc3cncc(P)c3)n2)cn1. The van der Waals surface area contributed by atoms with Crippen molar-refractivity contribution in [1.29, 1.82) is 0 Å². The molecule has 146 valence electrons. The standard InChI is InChI=1S/C17H18F2N6OP2/c1-24(10-17(18,19)28)16-21-6-12(7-22-16)14-2-3-15(26)25(23-14)9-11-4-13(27)8-20-5-11/h2-8H,9-10,27-28H2,1H3. The number of hydrogen-bond acceptors (Lipinski definition) is 6. The van der Waals surface area contributed by atoms with Crippen molar-refractivity contribution in [1.82, 2.24) is 24.7 Å². The molecule has 0 aliphatic carbocycles. The predicted octanol–water partition coefficient (Wildman–Crippen LogP) is 1.55. The quantitative estimate of drug-likeness (QED) is 0.561. The highest BCUT2D eigenvalue weighted by atomic mass is 31.0. The van der Waals surface area contributed by atoms with Crippen LogP contribution >= 0.6 is 18.5 Å². The van der Waals surface area contributed by atoms with Gasteiger partial charge in [-0.25, -0.2) is 23.4 Å². The van der Waals surface area contributed by atoms with Crippen LogP contribution in [0.25, 0.3) is 11.3 Å². The van der Waals surface area contributed by atoms with E-state index in [9.17, 15) is 13.6 Å². The summed E-state index contributed by atoms with van der Waals surface area (Å²) in [5.41, 5.74) is -1.28. The topological polar surface area (TPSA) is 76.8 Å². The molecule has 0 saturated heterocycles. The second-order valence-electron chi connectivity index (χ2n) is 6.23. The molecule has 3 aromatic rings. The maximum Gasteiger partial charge on any atom is 0.276 e. The highest BCUT2D eigenvalue weighted by molar-refractivity contribution is 7.27. The Kier molecular flexibility index (Phi) is 6.06. The fourth-order valence-corrected chi connectivity index (χ4v) is 3.09. The molecule has 11 heteroatoms. The van der Waals surface area contributed by atoms with Crippen LogP contribution in [0.4, 0.5) is 14.7 Å². The Hall–Kier alpha value is -2.37. The Morgan fingerprint density at radius 2 is 1.89 bits per heavy atom. The average molecular weight is 422 g/mol. The second kappa shape index (κ2) is 8.33. The van der Waals surface area contributed by atoms with Crippen LogP contribution in [0.5, 0.6) is 0 Å². The van der Waals surface area contributed by atoms with Crippen molar-refractivity contribution in [2.45, 2.75) is 12.2 Å². The van der Waals surface area contributed by atoms with Crippen molar-refractivity contribution in [3.63, 3.8) is 0 Å². The molecule has 0 amide bonds. The first-order chi connectivity index (χ1) is 13.2. The van der Waals surface area contributed by atoms with E-state index in [-0.39, 0.29) is 18.1 Å². The minimum absolute atomic E-state index is 0.169. The fourth-order valence-electron chi connectivity index (χ4n) is 2.52. The average Bonchev–Trinajstić information content (AvgIpc) is 2.62. The summed E-state index contributed by atoms with van der Waals surface area (Å²) in [7, 11) is 5.53. The maximum absolute atomic E-state index is 13.1. The summed E-state index contributed by atoms with van der Waals surface area (Å²) in [4.78, 5) is 25.7. The molecule has 0 aliphatic heterocycles. The van der Waals surface area contributed by atoms with E-state index in [1.165, 1.54) is 44.3 Å². The van der Waals surface area contributed by atoms with E-state index < -0.39 is 12.2 Å². The van der Waals surface area contributed by atoms with Gasteiger partial charge in [-0.05, 0) is 23.0 Å². The van der Waals surface area contributed by atoms with Gasteiger partial charge < -0.3 is 4.90 Å². The normalized spacial score (nSPS) is 11.5. The number of hydrogen-bond donors (Lipinski definition) is 0. The van der Waals surface area contributed by atoms with E-state index in [1.807, 2.05) is 6.07 Å². The van der Waals surface area contributed by atoms with Crippen molar-refractivity contribution in [2.75, 3.05) is 18.5 Å². The Morgan fingerprint density at radius 3 is 2.54 bits per heavy atom. The van der Waals surface area contributed by atoms with Gasteiger partial charge in [0.25, 0.3) is 11.2 Å². The lowest BCUT2D eigenvalue weighted by atomic mass is 10.2. The summed E-state index contributed by atoms with van der Waals surface area (Å²) in [6.45, 7) is -0.254. The summed E-state index contributed by atoms with van der Waals surface area (Å²) >= 11 is 0. The van der Waals surface area contributed by atoms with Gasteiger partial charge in [0.1, 0.15) is 0 Å². The van der Waals surface area contributed by atoms with E-state index in [4.69, 9.17) is 0 Å². The lowest BCUT2D eigenvalue weighted by Crippen LogP contribution is -2.30. The zero-order valence-corrected chi connectivity index (χ0v) is 17.3. The second-order valence-corrected chi connectivity index (χ2v) is 7.74. The third-order valence-corrected chi connectivity index (χ3v) is 4.24. The largest absolute Gasteiger partial charge is 0.337 e. The molecule has 0 spiro atoms. The lowest BCUT2D eigenvalue weighted by Gasteiger charge is -2.20. The molecular formula is C17H18F2N6OP2. The van der Waals surface area contributed by atoms with Crippen LogP contribution < -0.4 is 15.8 Å². The Labute approximate surface area is 164 Å². The third kappa shape index (κ3) is 5.33. The van der Waals surface area contributed by atoms with Crippen LogP contribution in [-0.2, 0) is 6.54 Å². The molecule has 2 atom stereocenters. The molecule has 3 rings (SSSR count). The third-order valence-electron chi connectivity index (χ3n) is 3.74. The molecule has 0 aliphatic rings. The van der Waals surface area contributed by atoms with Gasteiger partial charge >= 0.3 is 0 Å². The predicted molar refractivity (Wildman–Crippen MR) is 110 cm³/mol. The van der Waals surface area contributed by atoms with Gasteiger partial charge in [0, 0.05) is 43.5 Å². The summed E-state index contributed by atoms with van der Waals surface area (Å²) < 4.78 is 27.5. The number of pyridine rings is 1. The zero-order valence-electron chi connectivity index (χ0n) is 15.0. The highest BCUT2D eigenvalue weighted by Crippen LogP contribution is 2.24. The Balaban J connectivity index is 1.83. The Morgan fingerprint density at radius 1 is 1.18 bits per heavy atom. The van der Waals surface area contributed by atoms with E-state index >= 15 is 0 Å². The minimum atomic E-state index is -2.93. The molecule has 2 unspecified atom stereocenters. The van der Waals surface area contributed by atoms with Crippen LogP contribution in [0.2, 0.25) is 0 Å². The molecule has 28 heavy (non-hydrogen) atoms. The molecule has 3 heterocycles. The fraction of sp³-hybridized carbons (Fsp3) is 0.235. The molecule has 0 saturated carbocycles. The molecule has 7 nitrogen and oxygen atoms in total. The number of aromatic nitrogens is 5. The van der Waals surface area contributed by atoms with Gasteiger partial charge in [0.05, 0.1) is 18.8 Å². The molecule has 0 radical (unpaired) electrons. The molecular weight excluding hydrogens is 404 g/mol. The molecule has 0 bridgehead atoms. The molecule has 3 aromatic heterocycles. The van der Waals surface area contributed by atoms with Crippen LogP contribution in [0.3, 0.4) is 0 Å². The smallest absolute Gasteiger partial charge is 0.276 e. The summed E-state index contributed by atoms with van der Waals surface area (Å²) in [6, 6.07) is 4.88. The first-order valence-electron chi connectivity index (χ1n) is 8.19. The lowest BCUT2D eigenvalue weighted by molar-refractivity contribution is 0.113. The summed E-state index contributed by atoms with van der Waals surface area (Å²) in [6.07, 6.45) is 6.34. The van der Waals surface area contributed by atoms with Crippen LogP contribution in [-0.4, -0.2) is 44.0 Å². The van der Waals surface area contributed by atoms with Gasteiger partial charge in [-0.2, -0.15) is 5.10 Å². The van der Waals surface area contributed by atoms with E-state index in [0.29, 0.717) is 11.3 Å². The van der Waals surface area contributed by atoms with Gasteiger partial charge in [-0.1, -0.05) is 9.24 Å². The van der Waals surface area contributed by atoms with Crippen molar-refractivity contribution in [2.24, 2.45) is 0 Å². The molecule has 0 aromatic carbocycles. The number of alkyl halides is 2. The van der Waals surface area contributed by atoms with Gasteiger partial charge in [-0.3, -0.25) is 9.78 Å². The van der Waals surface area contributed by atoms with Crippen molar-refractivity contribution < 1.29 is 8.78 Å². The van der Waals surface area contributed by atoms with Crippen molar-refractivity contribution >= 4 is 29.7 Å². The maximum atomic E-state index is 13.1. The van der Waals surface area contributed by atoms with Crippen LogP contribution in [0.15, 0.2) is 47.8 Å². The molecule has 0 N–H and O–H groups in total. The minimum Gasteiger partial charge on any atom is -0.337 e. The zero-order chi connectivity index (χ0) is 20.3. The Bertz CT molecular complexity index is 1020. The number of anilines is 1. The van der Waals surface area contributed by atoms with Crippen LogP contribution in [0.1, 0.15) is 5.56 Å². The highest BCUT2D eigenvalue weighted by Gasteiger charge is 2.24. The first-order valence-corrected chi connectivity index (χ1v) is 9.34. The number of halogens is 2. The van der Waals surface area contributed by atoms with Gasteiger partial charge in [0.15, 0.2) is 0 Å². The van der Waals surface area contributed by atoms with Gasteiger partial charge in [0.2, 0.25) is 5.95 Å². The van der Waals surface area contributed by atoms with Crippen molar-refractivity contribution in [3.05, 3.63) is 58.9 Å². The first kappa shape index (κ1) is 20.4. The number of nitrogens with zero attached hydrogens (tertiary/aromatic N) is 6.